The van der Waals surface area contributed by atoms with Crippen molar-refractivity contribution in [1.29, 1.82) is 0 Å². The molecule has 0 saturated carbocycles. The molecule has 3 aromatic rings. The Hall–Kier alpha value is -1.84. The second-order valence-corrected chi connectivity index (χ2v) is 8.09. The Morgan fingerprint density at radius 1 is 0.926 bits per heavy atom. The lowest BCUT2D eigenvalue weighted by Crippen LogP contribution is -2.33. The van der Waals surface area contributed by atoms with Crippen molar-refractivity contribution < 1.29 is 9.18 Å². The first kappa shape index (κ1) is 19.9. The van der Waals surface area contributed by atoms with Crippen LogP contribution >= 0.6 is 39.5 Å². The molecule has 0 fully saturated rings. The van der Waals surface area contributed by atoms with Gasteiger partial charge in [-0.1, -0.05) is 39.5 Å². The molecular formula is C18H14BrFN4OS2. The number of thioether (sulfide) groups is 2. The summed E-state index contributed by atoms with van der Waals surface area (Å²) in [6.07, 6.45) is 6.90. The highest BCUT2D eigenvalue weighted by Gasteiger charge is 2.43. The smallest absolute Gasteiger partial charge is 0.191 e. The fourth-order valence-corrected chi connectivity index (χ4v) is 3.81. The predicted octanol–water partition coefficient (Wildman–Crippen LogP) is 4.37. The minimum absolute atomic E-state index is 0.306. The molecule has 0 aliphatic rings. The van der Waals surface area contributed by atoms with Gasteiger partial charge in [-0.3, -0.25) is 4.79 Å². The van der Waals surface area contributed by atoms with Crippen LogP contribution < -0.4 is 0 Å². The van der Waals surface area contributed by atoms with E-state index in [1.807, 2.05) is 12.5 Å². The summed E-state index contributed by atoms with van der Waals surface area (Å²) in [6, 6.07) is 8.72. The summed E-state index contributed by atoms with van der Waals surface area (Å²) >= 11 is 6.35. The highest BCUT2D eigenvalue weighted by molar-refractivity contribution is 9.10. The molecule has 0 spiro atoms. The first-order valence-electron chi connectivity index (χ1n) is 7.73. The van der Waals surface area contributed by atoms with Gasteiger partial charge in [0.2, 0.25) is 0 Å². The zero-order chi connectivity index (χ0) is 19.4. The van der Waals surface area contributed by atoms with Crippen LogP contribution in [0.2, 0.25) is 0 Å². The third kappa shape index (κ3) is 4.04. The molecule has 2 heterocycles. The maximum Gasteiger partial charge on any atom is 0.191 e. The standard InChI is InChI=1S/C18H14BrFN4OS2/c1-26-16-21-9-7-13(23-16)18(19,14-8-10-22-17(24-14)27-2)15(25)11-3-5-12(20)6-4-11/h3-10H,1-2H3. The fourth-order valence-electron chi connectivity index (χ4n) is 2.43. The predicted molar refractivity (Wildman–Crippen MR) is 108 cm³/mol. The van der Waals surface area contributed by atoms with Gasteiger partial charge >= 0.3 is 0 Å². The second-order valence-electron chi connectivity index (χ2n) is 5.35. The number of aromatic nitrogens is 4. The molecule has 0 saturated heterocycles. The monoisotopic (exact) mass is 464 g/mol. The third-order valence-corrected chi connectivity index (χ3v) is 6.05. The van der Waals surface area contributed by atoms with Gasteiger partial charge < -0.3 is 0 Å². The Kier molecular flexibility index (Phi) is 6.23. The van der Waals surface area contributed by atoms with Crippen LogP contribution in [0.15, 0.2) is 59.1 Å². The van der Waals surface area contributed by atoms with Gasteiger partial charge in [0, 0.05) is 18.0 Å². The van der Waals surface area contributed by atoms with E-state index in [1.165, 1.54) is 47.8 Å². The Morgan fingerprint density at radius 3 is 1.85 bits per heavy atom. The fraction of sp³-hybridized carbons (Fsp3) is 0.167. The molecule has 3 rings (SSSR count). The van der Waals surface area contributed by atoms with Gasteiger partial charge in [-0.15, -0.1) is 0 Å². The van der Waals surface area contributed by atoms with Crippen LogP contribution in [0.3, 0.4) is 0 Å². The van der Waals surface area contributed by atoms with Crippen LogP contribution in [0.1, 0.15) is 21.7 Å². The summed E-state index contributed by atoms with van der Waals surface area (Å²) in [7, 11) is 0. The largest absolute Gasteiger partial charge is 0.292 e. The number of carbonyl (C=O) groups excluding carboxylic acids is 1. The first-order valence-corrected chi connectivity index (χ1v) is 11.0. The Morgan fingerprint density at radius 2 is 1.41 bits per heavy atom. The van der Waals surface area contributed by atoms with Crippen LogP contribution in [0.25, 0.3) is 0 Å². The molecule has 138 valence electrons. The summed E-state index contributed by atoms with van der Waals surface area (Å²) in [5.41, 5.74) is 1.23. The zero-order valence-corrected chi connectivity index (χ0v) is 17.6. The number of hydrogen-bond donors (Lipinski definition) is 0. The molecule has 5 nitrogen and oxygen atoms in total. The Labute approximate surface area is 172 Å². The molecule has 0 unspecified atom stereocenters. The molecule has 2 aromatic heterocycles. The number of Topliss-reactive ketones (excluding diaryl/α,β-unsaturated/α-hetero) is 1. The van der Waals surface area contributed by atoms with Gasteiger partial charge in [-0.05, 0) is 48.9 Å². The molecule has 9 heteroatoms. The topological polar surface area (TPSA) is 68.6 Å². The van der Waals surface area contributed by atoms with Gasteiger partial charge in [-0.25, -0.2) is 24.3 Å². The van der Waals surface area contributed by atoms with Gasteiger partial charge in [0.15, 0.2) is 20.4 Å². The van der Waals surface area contributed by atoms with Crippen LogP contribution in [0.5, 0.6) is 0 Å². The third-order valence-electron chi connectivity index (χ3n) is 3.76. The average Bonchev–Trinajstić information content (AvgIpc) is 2.73. The second kappa shape index (κ2) is 8.45. The van der Waals surface area contributed by atoms with E-state index in [0.717, 1.165) is 0 Å². The van der Waals surface area contributed by atoms with Crippen molar-refractivity contribution >= 4 is 45.2 Å². The zero-order valence-electron chi connectivity index (χ0n) is 14.4. The summed E-state index contributed by atoms with van der Waals surface area (Å²) in [5.74, 6) is -0.718. The molecule has 0 atom stereocenters. The molecule has 27 heavy (non-hydrogen) atoms. The number of ketones is 1. The SMILES string of the molecule is CSc1nccc(C(Br)(C(=O)c2ccc(F)cc2)c2ccnc(SC)n2)n1. The molecule has 1 aromatic carbocycles. The van der Waals surface area contributed by atoms with E-state index in [4.69, 9.17) is 0 Å². The number of benzene rings is 1. The van der Waals surface area contributed by atoms with Crippen molar-refractivity contribution in [3.63, 3.8) is 0 Å². The van der Waals surface area contributed by atoms with Gasteiger partial charge in [0.05, 0.1) is 11.4 Å². The quantitative estimate of drug-likeness (QED) is 0.232. The van der Waals surface area contributed by atoms with E-state index in [2.05, 4.69) is 35.9 Å². The molecule has 0 aliphatic carbocycles. The van der Waals surface area contributed by atoms with Crippen molar-refractivity contribution in [2.75, 3.05) is 12.5 Å². The average molecular weight is 465 g/mol. The number of hydrogen-bond acceptors (Lipinski definition) is 7. The van der Waals surface area contributed by atoms with Gasteiger partial charge in [0.25, 0.3) is 0 Å². The number of halogens is 2. The number of nitrogens with zero attached hydrogens (tertiary/aromatic N) is 4. The highest BCUT2D eigenvalue weighted by Crippen LogP contribution is 2.40. The van der Waals surface area contributed by atoms with Crippen LogP contribution in [0.4, 0.5) is 4.39 Å². The maximum atomic E-state index is 13.5. The van der Waals surface area contributed by atoms with E-state index in [1.54, 1.807) is 24.5 Å². The van der Waals surface area contributed by atoms with Crippen LogP contribution in [-0.2, 0) is 4.32 Å². The minimum atomic E-state index is -1.36. The molecule has 0 radical (unpaired) electrons. The van der Waals surface area contributed by atoms with E-state index in [9.17, 15) is 9.18 Å². The molecule has 0 N–H and O–H groups in total. The lowest BCUT2D eigenvalue weighted by atomic mass is 9.91. The number of rotatable bonds is 6. The van der Waals surface area contributed by atoms with Gasteiger partial charge in [0.1, 0.15) is 5.82 Å². The summed E-state index contributed by atoms with van der Waals surface area (Å²) in [5, 5.41) is 1.06. The highest BCUT2D eigenvalue weighted by atomic mass is 79.9. The summed E-state index contributed by atoms with van der Waals surface area (Å²) in [4.78, 5) is 30.8. The summed E-state index contributed by atoms with van der Waals surface area (Å²) in [6.45, 7) is 0. The normalized spacial score (nSPS) is 11.4. The van der Waals surface area contributed by atoms with Crippen molar-refractivity contribution in [2.45, 2.75) is 14.6 Å². The van der Waals surface area contributed by atoms with E-state index in [0.29, 0.717) is 27.3 Å². The molecular weight excluding hydrogens is 451 g/mol. The van der Waals surface area contributed by atoms with Gasteiger partial charge in [-0.2, -0.15) is 0 Å². The molecule has 0 bridgehead atoms. The molecule has 0 aliphatic heterocycles. The van der Waals surface area contributed by atoms with E-state index >= 15 is 0 Å². The Bertz CT molecular complexity index is 924. The first-order chi connectivity index (χ1) is 13.0. The van der Waals surface area contributed by atoms with E-state index in [-0.39, 0.29) is 5.78 Å². The lowest BCUT2D eigenvalue weighted by Gasteiger charge is -2.25. The maximum absolute atomic E-state index is 13.5. The van der Waals surface area contributed by atoms with Crippen molar-refractivity contribution in [1.82, 2.24) is 19.9 Å². The van der Waals surface area contributed by atoms with Crippen molar-refractivity contribution in [3.8, 4) is 0 Å². The molecule has 0 amide bonds. The van der Waals surface area contributed by atoms with Crippen molar-refractivity contribution in [3.05, 3.63) is 71.6 Å². The van der Waals surface area contributed by atoms with E-state index < -0.39 is 10.1 Å². The van der Waals surface area contributed by atoms with Crippen molar-refractivity contribution in [2.24, 2.45) is 0 Å². The number of carbonyl (C=O) groups is 1. The number of alkyl halides is 1. The lowest BCUT2D eigenvalue weighted by molar-refractivity contribution is 0.0958. The van der Waals surface area contributed by atoms with Crippen LogP contribution in [-0.4, -0.2) is 38.2 Å². The van der Waals surface area contributed by atoms with Crippen LogP contribution in [0, 0.1) is 5.82 Å². The minimum Gasteiger partial charge on any atom is -0.292 e. The Balaban J connectivity index is 2.21. The summed E-state index contributed by atoms with van der Waals surface area (Å²) < 4.78 is 12.0.